The Morgan fingerprint density at radius 3 is 2.38 bits per heavy atom. The Morgan fingerprint density at radius 1 is 1.00 bits per heavy atom. The van der Waals surface area contributed by atoms with Gasteiger partial charge in [0.25, 0.3) is 11.8 Å². The first-order chi connectivity index (χ1) is 17.9. The number of nitrogens with two attached hydrogens (primary N) is 1. The van der Waals surface area contributed by atoms with Crippen molar-refractivity contribution < 1.29 is 14.3 Å². The van der Waals surface area contributed by atoms with E-state index in [0.29, 0.717) is 23.4 Å². The van der Waals surface area contributed by atoms with E-state index in [1.165, 1.54) is 0 Å². The standard InChI is InChI=1S/C27H27ClN6O3/c1-17-23(15-30-34(17)21-11-7-18(28)8-12-21)26(36)31-19-9-13-22(14-10-19)37-27-24(25(29)35)16-33(32-27)20-5-3-2-4-6-20/h2-8,11-12,15-16,19,22H,9-10,13-14H2,1H3,(H2,29,35)(H,31,36). The zero-order valence-corrected chi connectivity index (χ0v) is 21.1. The van der Waals surface area contributed by atoms with Gasteiger partial charge in [-0.2, -0.15) is 5.10 Å². The highest BCUT2D eigenvalue weighted by Crippen LogP contribution is 2.27. The number of aromatic nitrogens is 4. The smallest absolute Gasteiger partial charge is 0.255 e. The minimum absolute atomic E-state index is 0.0168. The summed E-state index contributed by atoms with van der Waals surface area (Å²) in [6, 6.07) is 16.8. The molecule has 4 aromatic rings. The van der Waals surface area contributed by atoms with Crippen molar-refractivity contribution in [2.75, 3.05) is 0 Å². The summed E-state index contributed by atoms with van der Waals surface area (Å²) < 4.78 is 9.41. The van der Waals surface area contributed by atoms with E-state index in [9.17, 15) is 9.59 Å². The predicted molar refractivity (Wildman–Crippen MR) is 140 cm³/mol. The number of carbonyl (C=O) groups is 2. The van der Waals surface area contributed by atoms with E-state index < -0.39 is 5.91 Å². The molecule has 1 fully saturated rings. The molecular formula is C27H27ClN6O3. The minimum Gasteiger partial charge on any atom is -0.473 e. The van der Waals surface area contributed by atoms with Crippen molar-refractivity contribution in [3.8, 4) is 17.3 Å². The maximum absolute atomic E-state index is 13.0. The molecule has 0 aliphatic heterocycles. The first-order valence-electron chi connectivity index (χ1n) is 12.1. The van der Waals surface area contributed by atoms with Crippen molar-refractivity contribution in [2.24, 2.45) is 5.73 Å². The fourth-order valence-electron chi connectivity index (χ4n) is 4.55. The Hall–Kier alpha value is -4.11. The van der Waals surface area contributed by atoms with Crippen molar-refractivity contribution in [2.45, 2.75) is 44.8 Å². The molecule has 3 N–H and O–H groups in total. The van der Waals surface area contributed by atoms with Crippen molar-refractivity contribution in [1.29, 1.82) is 0 Å². The molecule has 2 aromatic heterocycles. The number of rotatable bonds is 7. The summed E-state index contributed by atoms with van der Waals surface area (Å²) in [7, 11) is 0. The molecule has 0 atom stereocenters. The zero-order valence-electron chi connectivity index (χ0n) is 20.3. The van der Waals surface area contributed by atoms with Crippen molar-refractivity contribution in [1.82, 2.24) is 24.9 Å². The molecule has 5 rings (SSSR count). The van der Waals surface area contributed by atoms with Crippen LogP contribution in [-0.4, -0.2) is 43.5 Å². The summed E-state index contributed by atoms with van der Waals surface area (Å²) in [4.78, 5) is 25.0. The maximum atomic E-state index is 13.0. The SMILES string of the molecule is Cc1c(C(=O)NC2CCC(Oc3nn(-c4ccccc4)cc3C(N)=O)CC2)cnn1-c1ccc(Cl)cc1. The van der Waals surface area contributed by atoms with E-state index >= 15 is 0 Å². The molecule has 190 valence electrons. The van der Waals surface area contributed by atoms with Crippen LogP contribution in [0.1, 0.15) is 52.1 Å². The van der Waals surface area contributed by atoms with Crippen LogP contribution in [0, 0.1) is 6.92 Å². The van der Waals surface area contributed by atoms with Crippen LogP contribution < -0.4 is 15.8 Å². The molecule has 0 radical (unpaired) electrons. The molecule has 10 heteroatoms. The number of para-hydroxylation sites is 1. The third-order valence-electron chi connectivity index (χ3n) is 6.58. The Kier molecular flexibility index (Phi) is 6.96. The van der Waals surface area contributed by atoms with E-state index in [-0.39, 0.29) is 29.5 Å². The second kappa shape index (κ2) is 10.5. The second-order valence-corrected chi connectivity index (χ2v) is 9.53. The Bertz CT molecular complexity index is 1410. The van der Waals surface area contributed by atoms with Crippen LogP contribution in [0.3, 0.4) is 0 Å². The average molecular weight is 519 g/mol. The van der Waals surface area contributed by atoms with E-state index in [1.54, 1.807) is 33.9 Å². The van der Waals surface area contributed by atoms with E-state index in [4.69, 9.17) is 22.1 Å². The second-order valence-electron chi connectivity index (χ2n) is 9.09. The highest BCUT2D eigenvalue weighted by Gasteiger charge is 2.27. The van der Waals surface area contributed by atoms with Gasteiger partial charge in [0.15, 0.2) is 0 Å². The number of hydrogen-bond acceptors (Lipinski definition) is 5. The number of ether oxygens (including phenoxy) is 1. The van der Waals surface area contributed by atoms with Crippen LogP contribution in [0.5, 0.6) is 5.88 Å². The van der Waals surface area contributed by atoms with E-state index in [0.717, 1.165) is 29.9 Å². The number of hydrogen-bond donors (Lipinski definition) is 2. The highest BCUT2D eigenvalue weighted by atomic mass is 35.5. The Labute approximate surface area is 219 Å². The zero-order chi connectivity index (χ0) is 25.9. The monoisotopic (exact) mass is 518 g/mol. The quantitative estimate of drug-likeness (QED) is 0.379. The molecular weight excluding hydrogens is 492 g/mol. The normalized spacial score (nSPS) is 17.4. The van der Waals surface area contributed by atoms with Crippen LogP contribution in [0.2, 0.25) is 5.02 Å². The van der Waals surface area contributed by atoms with Gasteiger partial charge in [0, 0.05) is 17.3 Å². The lowest BCUT2D eigenvalue weighted by molar-refractivity contribution is 0.0881. The predicted octanol–water partition coefficient (Wildman–Crippen LogP) is 4.24. The molecule has 1 aliphatic rings. The lowest BCUT2D eigenvalue weighted by atomic mass is 9.92. The number of nitrogens with zero attached hydrogens (tertiary/aromatic N) is 4. The molecule has 0 unspecified atom stereocenters. The lowest BCUT2D eigenvalue weighted by Gasteiger charge is -2.29. The van der Waals surface area contributed by atoms with Crippen molar-refractivity contribution in [3.05, 3.63) is 88.8 Å². The average Bonchev–Trinajstić information content (AvgIpc) is 3.50. The molecule has 0 spiro atoms. The van der Waals surface area contributed by atoms with Gasteiger partial charge in [0.1, 0.15) is 11.7 Å². The fourth-order valence-corrected chi connectivity index (χ4v) is 4.67. The molecule has 37 heavy (non-hydrogen) atoms. The highest BCUT2D eigenvalue weighted by molar-refractivity contribution is 6.30. The van der Waals surface area contributed by atoms with Gasteiger partial charge in [-0.25, -0.2) is 9.36 Å². The number of halogens is 1. The van der Waals surface area contributed by atoms with Crippen molar-refractivity contribution in [3.63, 3.8) is 0 Å². The van der Waals surface area contributed by atoms with Gasteiger partial charge in [-0.05, 0) is 69.0 Å². The molecule has 0 saturated heterocycles. The Balaban J connectivity index is 1.19. The molecule has 2 aromatic carbocycles. The molecule has 1 aliphatic carbocycles. The van der Waals surface area contributed by atoms with E-state index in [2.05, 4.69) is 15.5 Å². The van der Waals surface area contributed by atoms with Gasteiger partial charge in [0.2, 0.25) is 5.88 Å². The molecule has 2 heterocycles. The first-order valence-corrected chi connectivity index (χ1v) is 12.5. The van der Waals surface area contributed by atoms with Gasteiger partial charge >= 0.3 is 0 Å². The molecule has 2 amide bonds. The fraction of sp³-hybridized carbons (Fsp3) is 0.259. The van der Waals surface area contributed by atoms with Crippen LogP contribution in [-0.2, 0) is 0 Å². The largest absolute Gasteiger partial charge is 0.473 e. The third kappa shape index (κ3) is 5.36. The van der Waals surface area contributed by atoms with Crippen molar-refractivity contribution >= 4 is 23.4 Å². The summed E-state index contributed by atoms with van der Waals surface area (Å²) in [5.41, 5.74) is 8.74. The molecule has 1 saturated carbocycles. The van der Waals surface area contributed by atoms with Gasteiger partial charge in [-0.1, -0.05) is 29.8 Å². The molecule has 9 nitrogen and oxygen atoms in total. The number of nitrogens with one attached hydrogen (secondary N) is 1. The third-order valence-corrected chi connectivity index (χ3v) is 6.83. The van der Waals surface area contributed by atoms with Crippen LogP contribution in [0.15, 0.2) is 67.0 Å². The van der Waals surface area contributed by atoms with Crippen LogP contribution in [0.4, 0.5) is 0 Å². The summed E-state index contributed by atoms with van der Waals surface area (Å²) in [6.45, 7) is 1.87. The summed E-state index contributed by atoms with van der Waals surface area (Å²) in [6.07, 6.45) is 5.96. The minimum atomic E-state index is -0.590. The number of amides is 2. The number of carbonyl (C=O) groups excluding carboxylic acids is 2. The summed E-state index contributed by atoms with van der Waals surface area (Å²) in [5.74, 6) is -0.513. The molecule has 0 bridgehead atoms. The number of benzene rings is 2. The lowest BCUT2D eigenvalue weighted by Crippen LogP contribution is -2.40. The van der Waals surface area contributed by atoms with Gasteiger partial charge < -0.3 is 15.8 Å². The summed E-state index contributed by atoms with van der Waals surface area (Å²) >= 11 is 5.98. The topological polar surface area (TPSA) is 117 Å². The van der Waals surface area contributed by atoms with Gasteiger partial charge in [0.05, 0.1) is 28.8 Å². The Morgan fingerprint density at radius 2 is 1.70 bits per heavy atom. The van der Waals surface area contributed by atoms with E-state index in [1.807, 2.05) is 49.4 Å². The van der Waals surface area contributed by atoms with Gasteiger partial charge in [-0.3, -0.25) is 9.59 Å². The number of primary amides is 1. The first kappa shape index (κ1) is 24.6. The van der Waals surface area contributed by atoms with Gasteiger partial charge in [-0.15, -0.1) is 5.10 Å². The summed E-state index contributed by atoms with van der Waals surface area (Å²) in [5, 5.41) is 12.6. The maximum Gasteiger partial charge on any atom is 0.255 e. The van der Waals surface area contributed by atoms with Crippen LogP contribution in [0.25, 0.3) is 11.4 Å². The van der Waals surface area contributed by atoms with Crippen LogP contribution >= 0.6 is 11.6 Å².